The monoisotopic (exact) mass is 324 g/mol. The summed E-state index contributed by atoms with van der Waals surface area (Å²) in [7, 11) is 0. The number of hydrogen-bond acceptors (Lipinski definition) is 3. The van der Waals surface area contributed by atoms with Crippen LogP contribution in [0.4, 0.5) is 4.79 Å². The highest BCUT2D eigenvalue weighted by molar-refractivity contribution is 8.00. The second-order valence-electron chi connectivity index (χ2n) is 5.51. The molecule has 116 valence electrons. The molecule has 3 nitrogen and oxygen atoms in total. The molecule has 1 N–H and O–H groups in total. The Labute approximate surface area is 136 Å². The Morgan fingerprint density at radius 2 is 1.81 bits per heavy atom. The van der Waals surface area contributed by atoms with Crippen LogP contribution in [0.5, 0.6) is 0 Å². The molecular weight excluding hydrogens is 300 g/mol. The Hall–Kier alpha value is -0.810. The van der Waals surface area contributed by atoms with Crippen molar-refractivity contribution in [2.75, 3.05) is 24.6 Å². The normalized spacial score (nSPS) is 16.9. The number of nitrogens with one attached hydrogen (secondary N) is 1. The predicted molar refractivity (Wildman–Crippen MR) is 93.3 cm³/mol. The summed E-state index contributed by atoms with van der Waals surface area (Å²) in [5.74, 6) is 2.09. The number of rotatable bonds is 4. The van der Waals surface area contributed by atoms with Gasteiger partial charge in [0.2, 0.25) is 0 Å². The van der Waals surface area contributed by atoms with E-state index in [2.05, 4.69) is 43.4 Å². The highest BCUT2D eigenvalue weighted by atomic mass is 32.2. The summed E-state index contributed by atoms with van der Waals surface area (Å²) in [4.78, 5) is 15.4. The van der Waals surface area contributed by atoms with E-state index in [0.717, 1.165) is 30.2 Å². The van der Waals surface area contributed by atoms with Crippen molar-refractivity contribution >= 4 is 29.6 Å². The molecule has 1 unspecified atom stereocenters. The van der Waals surface area contributed by atoms with Gasteiger partial charge < -0.3 is 10.2 Å². The fraction of sp³-hybridized carbons (Fsp3) is 0.562. The van der Waals surface area contributed by atoms with Crippen LogP contribution < -0.4 is 5.32 Å². The Balaban J connectivity index is 1.90. The van der Waals surface area contributed by atoms with Crippen molar-refractivity contribution in [3.63, 3.8) is 0 Å². The number of carbonyl (C=O) groups is 1. The van der Waals surface area contributed by atoms with Crippen molar-refractivity contribution in [1.29, 1.82) is 0 Å². The Kier molecular flexibility index (Phi) is 6.30. The lowest BCUT2D eigenvalue weighted by molar-refractivity contribution is 0.199. The van der Waals surface area contributed by atoms with Gasteiger partial charge in [0.05, 0.1) is 6.04 Å². The smallest absolute Gasteiger partial charge is 0.317 e. The van der Waals surface area contributed by atoms with E-state index in [0.29, 0.717) is 5.25 Å². The highest BCUT2D eigenvalue weighted by Crippen LogP contribution is 2.24. The molecule has 2 rings (SSSR count). The van der Waals surface area contributed by atoms with Gasteiger partial charge in [0.15, 0.2) is 0 Å². The summed E-state index contributed by atoms with van der Waals surface area (Å²) in [6.07, 6.45) is 0. The molecular formula is C16H24N2OS2. The van der Waals surface area contributed by atoms with Crippen molar-refractivity contribution in [1.82, 2.24) is 10.2 Å². The van der Waals surface area contributed by atoms with Crippen LogP contribution in [0.25, 0.3) is 0 Å². The number of benzene rings is 1. The summed E-state index contributed by atoms with van der Waals surface area (Å²) in [6.45, 7) is 8.14. The van der Waals surface area contributed by atoms with E-state index >= 15 is 0 Å². The van der Waals surface area contributed by atoms with Gasteiger partial charge in [0.25, 0.3) is 0 Å². The lowest BCUT2D eigenvalue weighted by Gasteiger charge is -2.28. The Morgan fingerprint density at radius 1 is 1.19 bits per heavy atom. The number of nitrogens with zero attached hydrogens (tertiary/aromatic N) is 1. The topological polar surface area (TPSA) is 32.3 Å². The molecule has 2 amide bonds. The maximum absolute atomic E-state index is 12.2. The fourth-order valence-corrected chi connectivity index (χ4v) is 3.97. The molecule has 0 bridgehead atoms. The molecule has 1 saturated heterocycles. The van der Waals surface area contributed by atoms with Gasteiger partial charge in [-0.05, 0) is 24.6 Å². The van der Waals surface area contributed by atoms with E-state index in [1.807, 2.05) is 35.3 Å². The number of urea groups is 1. The van der Waals surface area contributed by atoms with Gasteiger partial charge in [-0.3, -0.25) is 0 Å². The van der Waals surface area contributed by atoms with Gasteiger partial charge in [-0.1, -0.05) is 26.0 Å². The van der Waals surface area contributed by atoms with E-state index in [-0.39, 0.29) is 12.1 Å². The zero-order chi connectivity index (χ0) is 15.2. The molecule has 1 aromatic carbocycles. The number of carbonyl (C=O) groups excluding carboxylic acids is 1. The third kappa shape index (κ3) is 5.15. The molecule has 1 aromatic rings. The van der Waals surface area contributed by atoms with Crippen LogP contribution in [0, 0.1) is 0 Å². The molecule has 1 aliphatic rings. The van der Waals surface area contributed by atoms with Gasteiger partial charge in [0.1, 0.15) is 0 Å². The maximum atomic E-state index is 12.2. The van der Waals surface area contributed by atoms with Crippen LogP contribution in [0.1, 0.15) is 32.4 Å². The van der Waals surface area contributed by atoms with Gasteiger partial charge in [0, 0.05) is 34.7 Å². The number of hydrogen-bond donors (Lipinski definition) is 1. The van der Waals surface area contributed by atoms with Crippen LogP contribution in [0.15, 0.2) is 29.2 Å². The van der Waals surface area contributed by atoms with Crippen molar-refractivity contribution in [2.45, 2.75) is 37.0 Å². The van der Waals surface area contributed by atoms with Crippen LogP contribution in [-0.2, 0) is 0 Å². The molecule has 1 fully saturated rings. The van der Waals surface area contributed by atoms with Crippen molar-refractivity contribution in [3.05, 3.63) is 29.8 Å². The first-order chi connectivity index (χ1) is 10.1. The molecule has 21 heavy (non-hydrogen) atoms. The first-order valence-corrected chi connectivity index (χ1v) is 9.49. The molecule has 0 spiro atoms. The molecule has 1 atom stereocenters. The average Bonchev–Trinajstić information content (AvgIpc) is 2.48. The largest absolute Gasteiger partial charge is 0.331 e. The van der Waals surface area contributed by atoms with Crippen LogP contribution in [0.3, 0.4) is 0 Å². The van der Waals surface area contributed by atoms with Gasteiger partial charge in [-0.15, -0.1) is 11.8 Å². The summed E-state index contributed by atoms with van der Waals surface area (Å²) in [5.41, 5.74) is 1.16. The second kappa shape index (κ2) is 7.99. The molecule has 0 aromatic heterocycles. The third-order valence-electron chi connectivity index (χ3n) is 3.39. The zero-order valence-corrected chi connectivity index (χ0v) is 14.6. The number of amides is 2. The Bertz CT molecular complexity index is 456. The first-order valence-electron chi connectivity index (χ1n) is 7.46. The minimum Gasteiger partial charge on any atom is -0.331 e. The standard InChI is InChI=1S/C16H24N2OS2/c1-12(2)21-15-6-4-14(5-7-15)13(3)17-16(19)18-8-10-20-11-9-18/h4-7,12-13H,8-11H2,1-3H3,(H,17,19). The molecule has 0 aliphatic carbocycles. The molecule has 0 saturated carbocycles. The second-order valence-corrected chi connectivity index (χ2v) is 8.38. The third-order valence-corrected chi connectivity index (χ3v) is 5.35. The van der Waals surface area contributed by atoms with Gasteiger partial charge in [-0.2, -0.15) is 11.8 Å². The summed E-state index contributed by atoms with van der Waals surface area (Å²) >= 11 is 3.77. The molecule has 5 heteroatoms. The quantitative estimate of drug-likeness (QED) is 0.850. The number of thioether (sulfide) groups is 2. The fourth-order valence-electron chi connectivity index (χ4n) is 2.23. The van der Waals surface area contributed by atoms with Crippen LogP contribution >= 0.6 is 23.5 Å². The molecule has 1 heterocycles. The van der Waals surface area contributed by atoms with Crippen molar-refractivity contribution in [3.8, 4) is 0 Å². The maximum Gasteiger partial charge on any atom is 0.317 e. The van der Waals surface area contributed by atoms with Crippen LogP contribution in [0.2, 0.25) is 0 Å². The van der Waals surface area contributed by atoms with Gasteiger partial charge >= 0.3 is 6.03 Å². The minimum atomic E-state index is 0.0465. The lowest BCUT2D eigenvalue weighted by atomic mass is 10.1. The van der Waals surface area contributed by atoms with E-state index in [4.69, 9.17) is 0 Å². The average molecular weight is 325 g/mol. The van der Waals surface area contributed by atoms with E-state index < -0.39 is 0 Å². The summed E-state index contributed by atoms with van der Waals surface area (Å²) in [6, 6.07) is 8.61. The minimum absolute atomic E-state index is 0.0465. The molecule has 1 aliphatic heterocycles. The zero-order valence-electron chi connectivity index (χ0n) is 13.0. The predicted octanol–water partition coefficient (Wildman–Crippen LogP) is 4.01. The first kappa shape index (κ1) is 16.6. The van der Waals surface area contributed by atoms with E-state index in [1.54, 1.807) is 0 Å². The lowest BCUT2D eigenvalue weighted by Crippen LogP contribution is -2.45. The summed E-state index contributed by atoms with van der Waals surface area (Å²) in [5, 5.41) is 3.68. The SMILES string of the molecule is CC(C)Sc1ccc(C(C)NC(=O)N2CCSCC2)cc1. The summed E-state index contributed by atoms with van der Waals surface area (Å²) < 4.78 is 0. The van der Waals surface area contributed by atoms with E-state index in [1.165, 1.54) is 4.90 Å². The van der Waals surface area contributed by atoms with Crippen molar-refractivity contribution in [2.24, 2.45) is 0 Å². The molecule has 0 radical (unpaired) electrons. The van der Waals surface area contributed by atoms with E-state index in [9.17, 15) is 4.79 Å². The van der Waals surface area contributed by atoms with Crippen molar-refractivity contribution < 1.29 is 4.79 Å². The van der Waals surface area contributed by atoms with Gasteiger partial charge in [-0.25, -0.2) is 4.79 Å². The van der Waals surface area contributed by atoms with Crippen LogP contribution in [-0.4, -0.2) is 40.8 Å². The highest BCUT2D eigenvalue weighted by Gasteiger charge is 2.18. The Morgan fingerprint density at radius 3 is 2.38 bits per heavy atom.